The summed E-state index contributed by atoms with van der Waals surface area (Å²) in [5, 5.41) is 12.2. The number of hydrogen-bond donors (Lipinski definition) is 2. The molecule has 29 heavy (non-hydrogen) atoms. The lowest BCUT2D eigenvalue weighted by molar-refractivity contribution is -0.149. The molecule has 0 aliphatic rings. The summed E-state index contributed by atoms with van der Waals surface area (Å²) in [6.45, 7) is 0.139. The molecule has 0 aliphatic heterocycles. The van der Waals surface area contributed by atoms with E-state index in [4.69, 9.17) is 4.74 Å². The summed E-state index contributed by atoms with van der Waals surface area (Å²) in [6, 6.07) is 24.4. The Morgan fingerprint density at radius 2 is 1.38 bits per heavy atom. The molecule has 5 nitrogen and oxygen atoms in total. The minimum Gasteiger partial charge on any atom is -0.508 e. The number of ether oxygens (including phenoxy) is 1. The molecule has 0 radical (unpaired) electrons. The molecule has 1 atom stereocenters. The zero-order valence-electron chi connectivity index (χ0n) is 16.0. The Bertz CT molecular complexity index is 924. The van der Waals surface area contributed by atoms with Gasteiger partial charge < -0.3 is 15.2 Å². The molecule has 0 heterocycles. The first-order chi connectivity index (χ1) is 14.1. The summed E-state index contributed by atoms with van der Waals surface area (Å²) in [5.74, 6) is -0.606. The van der Waals surface area contributed by atoms with Gasteiger partial charge >= 0.3 is 5.97 Å². The highest BCUT2D eigenvalue weighted by Gasteiger charge is 2.23. The van der Waals surface area contributed by atoms with Crippen molar-refractivity contribution in [2.75, 3.05) is 0 Å². The zero-order chi connectivity index (χ0) is 20.5. The number of hydrogen-bond acceptors (Lipinski definition) is 4. The van der Waals surface area contributed by atoms with Crippen LogP contribution in [0.3, 0.4) is 0 Å². The first kappa shape index (κ1) is 20.1. The summed E-state index contributed by atoms with van der Waals surface area (Å²) in [6.07, 6.45) is 0.452. The highest BCUT2D eigenvalue weighted by Crippen LogP contribution is 2.13. The van der Waals surface area contributed by atoms with E-state index in [9.17, 15) is 14.7 Å². The highest BCUT2D eigenvalue weighted by molar-refractivity contribution is 5.85. The first-order valence-electron chi connectivity index (χ1n) is 9.42. The van der Waals surface area contributed by atoms with Crippen LogP contribution in [0.25, 0.3) is 0 Å². The quantitative estimate of drug-likeness (QED) is 0.579. The molecule has 2 N–H and O–H groups in total. The second kappa shape index (κ2) is 10.1. The standard InChI is InChI=1S/C24H23NO4/c26-21-13-11-19(12-14-21)15-22(24(28)29-17-20-9-5-2-6-10-20)25-23(27)16-18-7-3-1-4-8-18/h1-14,22,26H,15-17H2,(H,25,27). The lowest BCUT2D eigenvalue weighted by Crippen LogP contribution is -2.44. The van der Waals surface area contributed by atoms with E-state index >= 15 is 0 Å². The van der Waals surface area contributed by atoms with E-state index in [1.54, 1.807) is 24.3 Å². The van der Waals surface area contributed by atoms with Crippen LogP contribution in [0.2, 0.25) is 0 Å². The van der Waals surface area contributed by atoms with Gasteiger partial charge in [0.1, 0.15) is 18.4 Å². The van der Waals surface area contributed by atoms with Crippen molar-refractivity contribution in [3.63, 3.8) is 0 Å². The number of aromatic hydroxyl groups is 1. The molecule has 0 bridgehead atoms. The largest absolute Gasteiger partial charge is 0.508 e. The minimum absolute atomic E-state index is 0.139. The molecule has 0 spiro atoms. The molecule has 3 aromatic carbocycles. The highest BCUT2D eigenvalue weighted by atomic mass is 16.5. The van der Waals surface area contributed by atoms with Gasteiger partial charge in [-0.15, -0.1) is 0 Å². The molecular formula is C24H23NO4. The van der Waals surface area contributed by atoms with Crippen molar-refractivity contribution in [3.05, 3.63) is 102 Å². The van der Waals surface area contributed by atoms with Crippen LogP contribution in [0.15, 0.2) is 84.9 Å². The van der Waals surface area contributed by atoms with Crippen LogP contribution >= 0.6 is 0 Å². The van der Waals surface area contributed by atoms with Gasteiger partial charge in [-0.2, -0.15) is 0 Å². The zero-order valence-corrected chi connectivity index (χ0v) is 16.0. The van der Waals surface area contributed by atoms with Gasteiger partial charge in [0.25, 0.3) is 0 Å². The van der Waals surface area contributed by atoms with E-state index in [1.807, 2.05) is 60.7 Å². The van der Waals surface area contributed by atoms with Crippen LogP contribution in [-0.4, -0.2) is 23.0 Å². The van der Waals surface area contributed by atoms with E-state index in [0.717, 1.165) is 16.7 Å². The third-order valence-electron chi connectivity index (χ3n) is 4.43. The summed E-state index contributed by atoms with van der Waals surface area (Å²) in [4.78, 5) is 25.2. The molecule has 3 rings (SSSR count). The SMILES string of the molecule is O=C(Cc1ccccc1)NC(Cc1ccc(O)cc1)C(=O)OCc1ccccc1. The van der Waals surface area contributed by atoms with Crippen molar-refractivity contribution in [3.8, 4) is 5.75 Å². The third kappa shape index (κ3) is 6.50. The number of amides is 1. The molecule has 1 unspecified atom stereocenters. The second-order valence-corrected chi connectivity index (χ2v) is 6.75. The molecule has 0 fully saturated rings. The van der Waals surface area contributed by atoms with Crippen LogP contribution in [0.4, 0.5) is 0 Å². The number of nitrogens with one attached hydrogen (secondary N) is 1. The van der Waals surface area contributed by atoms with Crippen molar-refractivity contribution in [2.24, 2.45) is 0 Å². The average molecular weight is 389 g/mol. The van der Waals surface area contributed by atoms with Crippen LogP contribution in [-0.2, 0) is 33.8 Å². The molecular weight excluding hydrogens is 366 g/mol. The monoisotopic (exact) mass is 389 g/mol. The van der Waals surface area contributed by atoms with Gasteiger partial charge in [0, 0.05) is 6.42 Å². The summed E-state index contributed by atoms with van der Waals surface area (Å²) in [5.41, 5.74) is 2.55. The molecule has 0 aliphatic carbocycles. The molecule has 148 valence electrons. The van der Waals surface area contributed by atoms with E-state index in [1.165, 1.54) is 0 Å². The van der Waals surface area contributed by atoms with E-state index < -0.39 is 12.0 Å². The number of rotatable bonds is 8. The smallest absolute Gasteiger partial charge is 0.329 e. The maximum absolute atomic E-state index is 12.7. The van der Waals surface area contributed by atoms with Gasteiger partial charge in [-0.3, -0.25) is 4.79 Å². The Morgan fingerprint density at radius 3 is 2.00 bits per heavy atom. The fraction of sp³-hybridized carbons (Fsp3) is 0.167. The Morgan fingerprint density at radius 1 is 0.793 bits per heavy atom. The van der Waals surface area contributed by atoms with Gasteiger partial charge in [0.15, 0.2) is 0 Å². The van der Waals surface area contributed by atoms with Crippen molar-refractivity contribution >= 4 is 11.9 Å². The number of phenolic OH excluding ortho intramolecular Hbond substituents is 1. The molecule has 0 aromatic heterocycles. The fourth-order valence-corrected chi connectivity index (χ4v) is 2.92. The van der Waals surface area contributed by atoms with Crippen LogP contribution in [0.5, 0.6) is 5.75 Å². The van der Waals surface area contributed by atoms with Crippen molar-refractivity contribution in [1.29, 1.82) is 0 Å². The number of esters is 1. The van der Waals surface area contributed by atoms with Gasteiger partial charge in [-0.25, -0.2) is 4.79 Å². The molecule has 0 saturated heterocycles. The van der Waals surface area contributed by atoms with Crippen molar-refractivity contribution in [1.82, 2.24) is 5.32 Å². The van der Waals surface area contributed by atoms with Crippen LogP contribution in [0.1, 0.15) is 16.7 Å². The molecule has 1 amide bonds. The normalized spacial score (nSPS) is 11.4. The Hall–Kier alpha value is -3.60. The van der Waals surface area contributed by atoms with Gasteiger partial charge in [-0.05, 0) is 28.8 Å². The lowest BCUT2D eigenvalue weighted by Gasteiger charge is -2.18. The number of carbonyl (C=O) groups is 2. The van der Waals surface area contributed by atoms with Gasteiger partial charge in [-0.1, -0.05) is 72.8 Å². The van der Waals surface area contributed by atoms with Crippen molar-refractivity contribution < 1.29 is 19.4 Å². The number of carbonyl (C=O) groups excluding carboxylic acids is 2. The molecule has 0 saturated carbocycles. The topological polar surface area (TPSA) is 75.6 Å². The predicted molar refractivity (Wildman–Crippen MR) is 110 cm³/mol. The maximum Gasteiger partial charge on any atom is 0.329 e. The Kier molecular flexibility index (Phi) is 7.00. The summed E-state index contributed by atoms with van der Waals surface area (Å²) >= 11 is 0. The first-order valence-corrected chi connectivity index (χ1v) is 9.42. The number of phenols is 1. The van der Waals surface area contributed by atoms with Crippen LogP contribution < -0.4 is 5.32 Å². The number of benzene rings is 3. The lowest BCUT2D eigenvalue weighted by atomic mass is 10.0. The Labute approximate surface area is 170 Å². The van der Waals surface area contributed by atoms with E-state index in [-0.39, 0.29) is 31.1 Å². The van der Waals surface area contributed by atoms with Crippen molar-refractivity contribution in [2.45, 2.75) is 25.5 Å². The van der Waals surface area contributed by atoms with E-state index in [2.05, 4.69) is 5.32 Å². The third-order valence-corrected chi connectivity index (χ3v) is 4.43. The predicted octanol–water partition coefficient (Wildman–Crippen LogP) is 3.41. The van der Waals surface area contributed by atoms with Gasteiger partial charge in [0.2, 0.25) is 5.91 Å². The maximum atomic E-state index is 12.7. The van der Waals surface area contributed by atoms with E-state index in [0.29, 0.717) is 0 Å². The molecule has 5 heteroatoms. The Balaban J connectivity index is 1.67. The van der Waals surface area contributed by atoms with Gasteiger partial charge in [0.05, 0.1) is 6.42 Å². The molecule has 3 aromatic rings. The van der Waals surface area contributed by atoms with Crippen LogP contribution in [0, 0.1) is 0 Å². The minimum atomic E-state index is -0.820. The average Bonchev–Trinajstić information content (AvgIpc) is 2.74. The summed E-state index contributed by atoms with van der Waals surface area (Å²) < 4.78 is 5.43. The summed E-state index contributed by atoms with van der Waals surface area (Å²) in [7, 11) is 0. The fourth-order valence-electron chi connectivity index (χ4n) is 2.92. The second-order valence-electron chi connectivity index (χ2n) is 6.75.